The molecule has 0 bridgehead atoms. The van der Waals surface area contributed by atoms with Gasteiger partial charge in [0.2, 0.25) is 76.8 Å². The van der Waals surface area contributed by atoms with E-state index in [2.05, 4.69) is 16.0 Å². The summed E-state index contributed by atoms with van der Waals surface area (Å²) < 4.78 is 28.3. The van der Waals surface area contributed by atoms with Gasteiger partial charge in [0.15, 0.2) is 0 Å². The summed E-state index contributed by atoms with van der Waals surface area (Å²) in [5.41, 5.74) is 0. The first-order valence-electron chi connectivity index (χ1n) is 29.4. The molecule has 3 saturated heterocycles. The number of hydrogen-bond acceptors (Lipinski definition) is 13. The Morgan fingerprint density at radius 1 is 0.565 bits per heavy atom. The zero-order chi connectivity index (χ0) is 64.5. The zero-order valence-corrected chi connectivity index (χ0v) is 52.7. The molecule has 0 aromatic heterocycles. The Balaban J connectivity index is 2.16. The van der Waals surface area contributed by atoms with Crippen molar-refractivity contribution in [1.82, 2.24) is 64.9 Å². The molecule has 480 valence electrons. The van der Waals surface area contributed by atoms with Gasteiger partial charge in [-0.05, 0) is 49.9 Å². The van der Waals surface area contributed by atoms with Crippen LogP contribution in [0.3, 0.4) is 0 Å². The SMILES string of the molecule is CCC1NC(=O)C(CC(=O)N2CCC(F)(F)CC2)N(C)C(=O)CNC(=O)CN(C)C(=O)CN(C)C(=O)CN(C)C(=O)CN(C)C(=O)C([C@@H](C)CC)NC(=O)C(CC(C)C)N(C)C(=O)CC(C(=O)N2CCCCC2)N(C)C(=O)C(C(C)C)N(C)C1=O. The number of amides is 13. The van der Waals surface area contributed by atoms with E-state index in [-0.39, 0.29) is 31.8 Å². The van der Waals surface area contributed by atoms with Crippen LogP contribution in [-0.4, -0.2) is 283 Å². The predicted octanol–water partition coefficient (Wildman–Crippen LogP) is -0.564. The highest BCUT2D eigenvalue weighted by Gasteiger charge is 2.44. The van der Waals surface area contributed by atoms with Crippen LogP contribution in [0.4, 0.5) is 8.78 Å². The van der Waals surface area contributed by atoms with E-state index in [1.165, 1.54) is 61.3 Å². The molecule has 3 aliphatic rings. The van der Waals surface area contributed by atoms with Gasteiger partial charge in [0.25, 0.3) is 5.92 Å². The van der Waals surface area contributed by atoms with Gasteiger partial charge in [-0.1, -0.05) is 54.9 Å². The minimum atomic E-state index is -3.02. The van der Waals surface area contributed by atoms with Gasteiger partial charge in [-0.15, -0.1) is 0 Å². The van der Waals surface area contributed by atoms with Crippen LogP contribution in [0.25, 0.3) is 0 Å². The maximum absolute atomic E-state index is 15.0. The molecule has 0 spiro atoms. The largest absolute Gasteiger partial charge is 0.345 e. The van der Waals surface area contributed by atoms with Gasteiger partial charge < -0.3 is 64.9 Å². The van der Waals surface area contributed by atoms with Crippen molar-refractivity contribution in [3.8, 4) is 0 Å². The maximum atomic E-state index is 15.0. The summed E-state index contributed by atoms with van der Waals surface area (Å²) in [6, 6.07) is -8.24. The van der Waals surface area contributed by atoms with Crippen molar-refractivity contribution in [2.24, 2.45) is 17.8 Å². The number of carbonyl (C=O) groups excluding carboxylic acids is 13. The number of hydrogen-bond donors (Lipinski definition) is 3. The van der Waals surface area contributed by atoms with Crippen LogP contribution in [0.15, 0.2) is 0 Å². The molecular formula is C57H95F2N13O13. The van der Waals surface area contributed by atoms with E-state index in [1.54, 1.807) is 39.5 Å². The number of nitrogens with zero attached hydrogens (tertiary/aromatic N) is 10. The first-order valence-corrected chi connectivity index (χ1v) is 29.4. The fraction of sp³-hybridized carbons (Fsp3) is 0.772. The minimum Gasteiger partial charge on any atom is -0.345 e. The number of nitrogens with one attached hydrogen (secondary N) is 3. The number of likely N-dealkylation sites (N-methyl/N-ethyl adjacent to an activating group) is 8. The third-order valence-corrected chi connectivity index (χ3v) is 16.4. The van der Waals surface area contributed by atoms with Crippen LogP contribution in [0.1, 0.15) is 113 Å². The van der Waals surface area contributed by atoms with Gasteiger partial charge in [0.05, 0.1) is 45.6 Å². The lowest BCUT2D eigenvalue weighted by atomic mass is 9.95. The monoisotopic (exact) mass is 1210 g/mol. The quantitative estimate of drug-likeness (QED) is 0.261. The van der Waals surface area contributed by atoms with Crippen molar-refractivity contribution in [3.05, 3.63) is 0 Å². The lowest BCUT2D eigenvalue weighted by Gasteiger charge is -2.40. The van der Waals surface area contributed by atoms with Crippen LogP contribution in [0.2, 0.25) is 0 Å². The Morgan fingerprint density at radius 2 is 1.07 bits per heavy atom. The summed E-state index contributed by atoms with van der Waals surface area (Å²) in [5, 5.41) is 7.82. The molecule has 0 aromatic rings. The lowest BCUT2D eigenvalue weighted by molar-refractivity contribution is -0.155. The Labute approximate surface area is 499 Å². The first kappa shape index (κ1) is 72.2. The third kappa shape index (κ3) is 20.3. The summed E-state index contributed by atoms with van der Waals surface area (Å²) in [7, 11) is 10.5. The van der Waals surface area contributed by atoms with Crippen molar-refractivity contribution in [3.63, 3.8) is 0 Å². The number of halogens is 2. The molecule has 3 fully saturated rings. The van der Waals surface area contributed by atoms with E-state index in [0.717, 1.165) is 45.6 Å². The number of carbonyl (C=O) groups is 13. The molecule has 3 aliphatic heterocycles. The number of likely N-dealkylation sites (tertiary alicyclic amines) is 2. The smallest absolute Gasteiger partial charge is 0.251 e. The molecule has 3 N–H and O–H groups in total. The van der Waals surface area contributed by atoms with Crippen LogP contribution >= 0.6 is 0 Å². The molecule has 0 radical (unpaired) electrons. The van der Waals surface area contributed by atoms with Crippen molar-refractivity contribution >= 4 is 76.8 Å². The van der Waals surface area contributed by atoms with E-state index >= 15 is 4.79 Å². The first-order chi connectivity index (χ1) is 39.6. The maximum Gasteiger partial charge on any atom is 0.251 e. The van der Waals surface area contributed by atoms with E-state index in [1.807, 2.05) is 13.8 Å². The Morgan fingerprint density at radius 3 is 1.58 bits per heavy atom. The molecule has 28 heteroatoms. The second-order valence-electron chi connectivity index (χ2n) is 23.9. The highest BCUT2D eigenvalue weighted by molar-refractivity contribution is 5.99. The van der Waals surface area contributed by atoms with Crippen molar-refractivity contribution in [1.29, 1.82) is 0 Å². The topological polar surface area (TPSA) is 290 Å². The van der Waals surface area contributed by atoms with Gasteiger partial charge in [0, 0.05) is 95.4 Å². The predicted molar refractivity (Wildman–Crippen MR) is 308 cm³/mol. The normalized spacial score (nSPS) is 25.6. The fourth-order valence-electron chi connectivity index (χ4n) is 10.3. The molecule has 0 saturated carbocycles. The fourth-order valence-corrected chi connectivity index (χ4v) is 10.3. The van der Waals surface area contributed by atoms with E-state index in [9.17, 15) is 66.3 Å². The Bertz CT molecular complexity index is 2430. The zero-order valence-electron chi connectivity index (χ0n) is 52.7. The molecule has 85 heavy (non-hydrogen) atoms. The average Bonchev–Trinajstić information content (AvgIpc) is 3.07. The molecule has 6 unspecified atom stereocenters. The van der Waals surface area contributed by atoms with E-state index in [0.29, 0.717) is 32.4 Å². The third-order valence-electron chi connectivity index (χ3n) is 16.4. The number of alkyl halides is 2. The van der Waals surface area contributed by atoms with Gasteiger partial charge in [-0.2, -0.15) is 0 Å². The van der Waals surface area contributed by atoms with Crippen molar-refractivity contribution < 1.29 is 71.1 Å². The summed E-state index contributed by atoms with van der Waals surface area (Å²) >= 11 is 0. The van der Waals surface area contributed by atoms with Crippen LogP contribution in [0.5, 0.6) is 0 Å². The second-order valence-corrected chi connectivity index (χ2v) is 23.9. The number of rotatable bonds is 9. The summed E-state index contributed by atoms with van der Waals surface area (Å²) in [6.45, 7) is 9.14. The van der Waals surface area contributed by atoms with E-state index in [4.69, 9.17) is 0 Å². The summed E-state index contributed by atoms with van der Waals surface area (Å²) in [5.74, 6) is -14.0. The molecule has 7 atom stereocenters. The molecule has 3 heterocycles. The number of piperidine rings is 2. The Kier molecular flexibility index (Phi) is 27.6. The molecule has 26 nitrogen and oxygen atoms in total. The standard InChI is InChI=1S/C57H95F2N13O13/c1-16-37(7)49-55(84)66(11)34-48(79)65(10)33-47(78)64(9)32-46(77)63(8)31-42(73)60-30-45(76)68(13)40(28-44(75)71-25-21-57(58,59)22-26-71)51(80)61-38(17-2)53(82)70(15)50(36(5)6)56(85)69(14)41(54(83)72-23-19-18-20-24-72)29-43(74)67(12)39(27-35(3)4)52(81)62-49/h35-41,49-50H,16-34H2,1-15H3,(H,60,73)(H,61,80)(H,62,81)/t37-,38?,39?,40?,41?,49?,50?/m0/s1. The van der Waals surface area contributed by atoms with Crippen molar-refractivity contribution in [2.75, 3.05) is 115 Å². The van der Waals surface area contributed by atoms with E-state index < -0.39 is 189 Å². The lowest BCUT2D eigenvalue weighted by Crippen LogP contribution is -2.61. The highest BCUT2D eigenvalue weighted by atomic mass is 19.3. The molecular weight excluding hydrogens is 1110 g/mol. The molecule has 13 amide bonds. The second kappa shape index (κ2) is 32.5. The minimum absolute atomic E-state index is 0.0861. The average molecular weight is 1210 g/mol. The highest BCUT2D eigenvalue weighted by Crippen LogP contribution is 2.29. The van der Waals surface area contributed by atoms with Crippen molar-refractivity contribution in [2.45, 2.75) is 155 Å². The molecule has 0 aliphatic carbocycles. The Hall–Kier alpha value is -7.03. The van der Waals surface area contributed by atoms with Gasteiger partial charge in [-0.25, -0.2) is 8.78 Å². The summed E-state index contributed by atoms with van der Waals surface area (Å²) in [4.78, 5) is 194. The molecule has 0 aromatic carbocycles. The van der Waals surface area contributed by atoms with Crippen LogP contribution in [-0.2, 0) is 62.3 Å². The summed E-state index contributed by atoms with van der Waals surface area (Å²) in [6.07, 6.45) is 0.00327. The van der Waals surface area contributed by atoms with Crippen LogP contribution < -0.4 is 16.0 Å². The van der Waals surface area contributed by atoms with Gasteiger partial charge >= 0.3 is 0 Å². The van der Waals surface area contributed by atoms with Crippen LogP contribution in [0, 0.1) is 17.8 Å². The molecule has 3 rings (SSSR count). The van der Waals surface area contributed by atoms with Gasteiger partial charge in [0.1, 0.15) is 36.3 Å². The van der Waals surface area contributed by atoms with Gasteiger partial charge in [-0.3, -0.25) is 62.3 Å².